The lowest BCUT2D eigenvalue weighted by Crippen LogP contribution is -2.24. The molecule has 0 unspecified atom stereocenters. The van der Waals surface area contributed by atoms with Gasteiger partial charge in [0.05, 0.1) is 0 Å². The Bertz CT molecular complexity index is 363. The zero-order chi connectivity index (χ0) is 19.8. The first kappa shape index (κ1) is 25.1. The zero-order valence-electron chi connectivity index (χ0n) is 18.7. The van der Waals surface area contributed by atoms with Crippen LogP contribution in [-0.4, -0.2) is 13.1 Å². The van der Waals surface area contributed by atoms with E-state index in [0.29, 0.717) is 0 Å². The Hall–Kier alpha value is -0.920. The van der Waals surface area contributed by atoms with E-state index in [0.717, 1.165) is 31.1 Å². The second-order valence-corrected chi connectivity index (χ2v) is 9.30. The van der Waals surface area contributed by atoms with E-state index in [2.05, 4.69) is 58.4 Å². The average molecular weight is 365 g/mol. The molecule has 0 spiro atoms. The van der Waals surface area contributed by atoms with Crippen LogP contribution in [0.2, 0.25) is 0 Å². The summed E-state index contributed by atoms with van der Waals surface area (Å²) in [5.74, 6) is 0.771. The van der Waals surface area contributed by atoms with Gasteiger partial charge in [-0.25, -0.2) is 0 Å². The smallest absolute Gasteiger partial charge is 0.0143 e. The largest absolute Gasteiger partial charge is 0.389 e. The first-order chi connectivity index (χ1) is 12.2. The summed E-state index contributed by atoms with van der Waals surface area (Å²) in [5, 5.41) is 6.95. The third-order valence-corrected chi connectivity index (χ3v) is 5.00. The predicted molar refractivity (Wildman–Crippen MR) is 119 cm³/mol. The fourth-order valence-electron chi connectivity index (χ4n) is 2.81. The van der Waals surface area contributed by atoms with Crippen molar-refractivity contribution in [1.82, 2.24) is 10.6 Å². The van der Waals surface area contributed by atoms with Gasteiger partial charge in [0.2, 0.25) is 0 Å². The maximum Gasteiger partial charge on any atom is 0.0143 e. The van der Waals surface area contributed by atoms with E-state index in [1.54, 1.807) is 0 Å². The summed E-state index contributed by atoms with van der Waals surface area (Å²) in [4.78, 5) is 0. The second kappa shape index (κ2) is 15.2. The van der Waals surface area contributed by atoms with Gasteiger partial charge in [0.25, 0.3) is 0 Å². The van der Waals surface area contributed by atoms with Crippen LogP contribution >= 0.6 is 0 Å². The molecule has 2 heteroatoms. The monoisotopic (exact) mass is 364 g/mol. The summed E-state index contributed by atoms with van der Waals surface area (Å²) in [6.45, 7) is 21.6. The maximum absolute atomic E-state index is 4.12. The first-order valence-electron chi connectivity index (χ1n) is 11.1. The summed E-state index contributed by atoms with van der Waals surface area (Å²) in [6.07, 6.45) is 14.6. The highest BCUT2D eigenvalue weighted by Crippen LogP contribution is 2.20. The average Bonchev–Trinajstić information content (AvgIpc) is 2.56. The van der Waals surface area contributed by atoms with Crippen LogP contribution in [-0.2, 0) is 0 Å². The summed E-state index contributed by atoms with van der Waals surface area (Å²) in [5.41, 5.74) is 2.56. The fourth-order valence-corrected chi connectivity index (χ4v) is 2.81. The number of hydrogen-bond acceptors (Lipinski definition) is 2. The Kier molecular flexibility index (Phi) is 14.6. The molecule has 0 aliphatic heterocycles. The Morgan fingerprint density at radius 1 is 0.731 bits per heavy atom. The van der Waals surface area contributed by atoms with Gasteiger partial charge < -0.3 is 10.6 Å². The van der Waals surface area contributed by atoms with Crippen molar-refractivity contribution in [3.8, 4) is 0 Å². The molecule has 2 nitrogen and oxygen atoms in total. The summed E-state index contributed by atoms with van der Waals surface area (Å²) < 4.78 is 0. The molecule has 0 aliphatic rings. The van der Waals surface area contributed by atoms with Crippen LogP contribution in [0.25, 0.3) is 0 Å². The minimum Gasteiger partial charge on any atom is -0.389 e. The Labute approximate surface area is 165 Å². The summed E-state index contributed by atoms with van der Waals surface area (Å²) in [7, 11) is 0. The van der Waals surface area contributed by atoms with Crippen molar-refractivity contribution in [2.24, 2.45) is 11.3 Å². The molecular formula is C24H48N2. The van der Waals surface area contributed by atoms with Gasteiger partial charge >= 0.3 is 0 Å². The molecule has 0 rings (SSSR count). The molecule has 0 fully saturated rings. The van der Waals surface area contributed by atoms with E-state index in [1.165, 1.54) is 69.9 Å². The van der Waals surface area contributed by atoms with E-state index in [9.17, 15) is 0 Å². The lowest BCUT2D eigenvalue weighted by Gasteiger charge is -2.23. The molecule has 0 bridgehead atoms. The molecule has 0 aliphatic carbocycles. The molecule has 0 amide bonds. The van der Waals surface area contributed by atoms with Crippen LogP contribution < -0.4 is 10.6 Å². The standard InChI is InChI=1S/C24H48N2/c1-21(2)17-18-22(3)25-19-15-13-11-9-8-10-12-14-16-20-26-23(4)24(5,6)7/h21,25-26H,3-4,8-20H2,1-2,5-7H3. The number of nitrogens with one attached hydrogen (secondary N) is 2. The molecule has 0 aromatic rings. The van der Waals surface area contributed by atoms with Crippen molar-refractivity contribution in [2.75, 3.05) is 13.1 Å². The molecule has 0 saturated heterocycles. The van der Waals surface area contributed by atoms with Crippen LogP contribution in [0.15, 0.2) is 24.6 Å². The summed E-state index contributed by atoms with van der Waals surface area (Å²) >= 11 is 0. The van der Waals surface area contributed by atoms with Crippen LogP contribution in [0.4, 0.5) is 0 Å². The molecule has 26 heavy (non-hydrogen) atoms. The quantitative estimate of drug-likeness (QED) is 0.267. The molecule has 2 N–H and O–H groups in total. The normalized spacial score (nSPS) is 11.6. The van der Waals surface area contributed by atoms with Crippen molar-refractivity contribution in [3.63, 3.8) is 0 Å². The van der Waals surface area contributed by atoms with Gasteiger partial charge in [-0.15, -0.1) is 0 Å². The van der Waals surface area contributed by atoms with Crippen molar-refractivity contribution in [2.45, 2.75) is 105 Å². The van der Waals surface area contributed by atoms with Gasteiger partial charge in [0.15, 0.2) is 0 Å². The number of rotatable bonds is 17. The van der Waals surface area contributed by atoms with Gasteiger partial charge in [0, 0.05) is 29.9 Å². The Morgan fingerprint density at radius 2 is 1.15 bits per heavy atom. The highest BCUT2D eigenvalue weighted by molar-refractivity contribution is 5.02. The van der Waals surface area contributed by atoms with Crippen molar-refractivity contribution >= 4 is 0 Å². The van der Waals surface area contributed by atoms with Gasteiger partial charge in [-0.3, -0.25) is 0 Å². The number of unbranched alkanes of at least 4 members (excludes halogenated alkanes) is 8. The van der Waals surface area contributed by atoms with Crippen LogP contribution in [0.3, 0.4) is 0 Å². The van der Waals surface area contributed by atoms with Gasteiger partial charge in [-0.2, -0.15) is 0 Å². The van der Waals surface area contributed by atoms with Crippen molar-refractivity contribution < 1.29 is 0 Å². The maximum atomic E-state index is 4.12. The molecule has 0 radical (unpaired) electrons. The van der Waals surface area contributed by atoms with Gasteiger partial charge in [-0.05, 0) is 31.6 Å². The molecular weight excluding hydrogens is 316 g/mol. The van der Waals surface area contributed by atoms with E-state index in [1.807, 2.05) is 0 Å². The van der Waals surface area contributed by atoms with Crippen molar-refractivity contribution in [1.29, 1.82) is 0 Å². The van der Waals surface area contributed by atoms with Crippen molar-refractivity contribution in [3.05, 3.63) is 24.6 Å². The van der Waals surface area contributed by atoms with E-state index in [-0.39, 0.29) is 5.41 Å². The third kappa shape index (κ3) is 16.5. The van der Waals surface area contributed by atoms with Crippen LogP contribution in [0, 0.1) is 11.3 Å². The zero-order valence-corrected chi connectivity index (χ0v) is 18.7. The third-order valence-electron chi connectivity index (χ3n) is 5.00. The minimum atomic E-state index is 0.177. The van der Waals surface area contributed by atoms with Gasteiger partial charge in [-0.1, -0.05) is 92.7 Å². The van der Waals surface area contributed by atoms with Crippen LogP contribution in [0.5, 0.6) is 0 Å². The molecule has 0 heterocycles. The van der Waals surface area contributed by atoms with Crippen LogP contribution in [0.1, 0.15) is 105 Å². The Balaban J connectivity index is 3.25. The molecule has 0 aromatic carbocycles. The summed E-state index contributed by atoms with van der Waals surface area (Å²) in [6, 6.07) is 0. The van der Waals surface area contributed by atoms with E-state index >= 15 is 0 Å². The molecule has 0 saturated carbocycles. The topological polar surface area (TPSA) is 24.1 Å². The number of allylic oxidation sites excluding steroid dienone is 2. The Morgan fingerprint density at radius 3 is 1.58 bits per heavy atom. The molecule has 154 valence electrons. The first-order valence-corrected chi connectivity index (χ1v) is 11.1. The lowest BCUT2D eigenvalue weighted by molar-refractivity contribution is 0.456. The SMILES string of the molecule is C=C(CCC(C)C)NCCCCCCCCCCCNC(=C)C(C)(C)C. The fraction of sp³-hybridized carbons (Fsp3) is 0.833. The highest BCUT2D eigenvalue weighted by Gasteiger charge is 2.13. The molecule has 0 atom stereocenters. The van der Waals surface area contributed by atoms with E-state index < -0.39 is 0 Å². The van der Waals surface area contributed by atoms with E-state index in [4.69, 9.17) is 0 Å². The highest BCUT2D eigenvalue weighted by atomic mass is 14.9. The van der Waals surface area contributed by atoms with Gasteiger partial charge in [0.1, 0.15) is 0 Å². The molecule has 0 aromatic heterocycles. The second-order valence-electron chi connectivity index (χ2n) is 9.30. The lowest BCUT2D eigenvalue weighted by atomic mass is 9.93. The number of hydrogen-bond donors (Lipinski definition) is 2. The predicted octanol–water partition coefficient (Wildman–Crippen LogP) is 7.19. The minimum absolute atomic E-state index is 0.177.